The second-order valence-electron chi connectivity index (χ2n) is 2.18. The Morgan fingerprint density at radius 2 is 2.30 bits per heavy atom. The summed E-state index contributed by atoms with van der Waals surface area (Å²) >= 11 is 0. The molecule has 1 rings (SSSR count). The predicted octanol–water partition coefficient (Wildman–Crippen LogP) is 1.01. The van der Waals surface area contributed by atoms with Gasteiger partial charge in [-0.1, -0.05) is 13.3 Å². The first-order valence-corrected chi connectivity index (χ1v) is 3.39. The first-order valence-electron chi connectivity index (χ1n) is 3.39. The number of aryl methyl sites for hydroxylation is 1. The van der Waals surface area contributed by atoms with Crippen molar-refractivity contribution in [1.82, 2.24) is 9.97 Å². The van der Waals surface area contributed by atoms with Gasteiger partial charge in [0.2, 0.25) is 0 Å². The number of nitrogens with zero attached hydrogens (tertiary/aromatic N) is 2. The highest BCUT2D eigenvalue weighted by molar-refractivity contribution is 5.27. The fourth-order valence-electron chi connectivity index (χ4n) is 0.808. The summed E-state index contributed by atoms with van der Waals surface area (Å²) in [5, 5.41) is 0. The molecule has 3 heteroatoms. The summed E-state index contributed by atoms with van der Waals surface area (Å²) < 4.78 is 0. The number of hydrogen-bond acceptors (Lipinski definition) is 3. The topological polar surface area (TPSA) is 51.8 Å². The van der Waals surface area contributed by atoms with Crippen LogP contribution in [0.3, 0.4) is 0 Å². The molecule has 0 saturated heterocycles. The third-order valence-corrected chi connectivity index (χ3v) is 1.25. The second kappa shape index (κ2) is 3.15. The fraction of sp³-hybridized carbons (Fsp3) is 0.429. The lowest BCUT2D eigenvalue weighted by Crippen LogP contribution is -1.94. The van der Waals surface area contributed by atoms with Crippen LogP contribution >= 0.6 is 0 Å². The summed E-state index contributed by atoms with van der Waals surface area (Å²) in [6.45, 7) is 2.11. The maximum atomic E-state index is 5.44. The Hall–Kier alpha value is -1.12. The van der Waals surface area contributed by atoms with E-state index in [9.17, 15) is 0 Å². The SMILES string of the molecule is CCCc1cc(N)ncn1. The van der Waals surface area contributed by atoms with Gasteiger partial charge >= 0.3 is 0 Å². The number of aromatic nitrogens is 2. The zero-order valence-electron chi connectivity index (χ0n) is 6.04. The Balaban J connectivity index is 2.75. The van der Waals surface area contributed by atoms with Gasteiger partial charge in [-0.05, 0) is 6.42 Å². The van der Waals surface area contributed by atoms with Crippen LogP contribution < -0.4 is 5.73 Å². The normalized spacial score (nSPS) is 9.70. The van der Waals surface area contributed by atoms with E-state index < -0.39 is 0 Å². The van der Waals surface area contributed by atoms with Crippen LogP contribution in [-0.4, -0.2) is 9.97 Å². The van der Waals surface area contributed by atoms with Crippen molar-refractivity contribution in [3.05, 3.63) is 18.1 Å². The van der Waals surface area contributed by atoms with Crippen LogP contribution in [0.1, 0.15) is 19.0 Å². The number of nitrogen functional groups attached to an aromatic ring is 1. The first-order chi connectivity index (χ1) is 4.83. The number of nitrogens with two attached hydrogens (primary N) is 1. The summed E-state index contributed by atoms with van der Waals surface area (Å²) in [4.78, 5) is 7.83. The molecule has 0 aliphatic carbocycles. The average Bonchev–Trinajstić information content (AvgIpc) is 1.88. The van der Waals surface area contributed by atoms with Crippen molar-refractivity contribution in [2.45, 2.75) is 19.8 Å². The molecular weight excluding hydrogens is 126 g/mol. The monoisotopic (exact) mass is 137 g/mol. The van der Waals surface area contributed by atoms with Crippen molar-refractivity contribution in [1.29, 1.82) is 0 Å². The molecule has 0 atom stereocenters. The van der Waals surface area contributed by atoms with Crippen LogP contribution in [0.25, 0.3) is 0 Å². The molecule has 1 heterocycles. The van der Waals surface area contributed by atoms with E-state index >= 15 is 0 Å². The van der Waals surface area contributed by atoms with Gasteiger partial charge in [0.1, 0.15) is 12.1 Å². The molecule has 54 valence electrons. The molecule has 0 aromatic carbocycles. The van der Waals surface area contributed by atoms with Crippen molar-refractivity contribution >= 4 is 5.82 Å². The molecule has 0 aliphatic rings. The van der Waals surface area contributed by atoms with Crippen LogP contribution in [0.2, 0.25) is 0 Å². The average molecular weight is 137 g/mol. The number of rotatable bonds is 2. The molecule has 0 amide bonds. The van der Waals surface area contributed by atoms with E-state index in [0.29, 0.717) is 5.82 Å². The molecule has 3 nitrogen and oxygen atoms in total. The van der Waals surface area contributed by atoms with E-state index in [-0.39, 0.29) is 0 Å². The molecule has 0 aliphatic heterocycles. The standard InChI is InChI=1S/C7H11N3/c1-2-3-6-4-7(8)10-5-9-6/h4-5H,2-3H2,1H3,(H2,8,9,10). The van der Waals surface area contributed by atoms with Gasteiger partial charge < -0.3 is 5.73 Å². The maximum absolute atomic E-state index is 5.44. The third kappa shape index (κ3) is 1.69. The summed E-state index contributed by atoms with van der Waals surface area (Å²) in [5.74, 6) is 0.554. The zero-order valence-corrected chi connectivity index (χ0v) is 6.04. The molecular formula is C7H11N3. The molecule has 10 heavy (non-hydrogen) atoms. The minimum absolute atomic E-state index is 0.554. The summed E-state index contributed by atoms with van der Waals surface area (Å²) in [7, 11) is 0. The van der Waals surface area contributed by atoms with Gasteiger partial charge in [0, 0.05) is 11.8 Å². The lowest BCUT2D eigenvalue weighted by Gasteiger charge is -1.96. The number of hydrogen-bond donors (Lipinski definition) is 1. The van der Waals surface area contributed by atoms with Gasteiger partial charge in [-0.2, -0.15) is 0 Å². The van der Waals surface area contributed by atoms with E-state index in [1.165, 1.54) is 6.33 Å². The molecule has 1 aromatic rings. The Kier molecular flexibility index (Phi) is 2.20. The maximum Gasteiger partial charge on any atom is 0.126 e. The van der Waals surface area contributed by atoms with E-state index in [0.717, 1.165) is 18.5 Å². The lowest BCUT2D eigenvalue weighted by atomic mass is 10.2. The molecule has 0 bridgehead atoms. The van der Waals surface area contributed by atoms with Crippen LogP contribution in [0, 0.1) is 0 Å². The predicted molar refractivity (Wildman–Crippen MR) is 40.4 cm³/mol. The zero-order chi connectivity index (χ0) is 7.40. The van der Waals surface area contributed by atoms with Crippen LogP contribution in [0.5, 0.6) is 0 Å². The minimum atomic E-state index is 0.554. The molecule has 0 saturated carbocycles. The second-order valence-corrected chi connectivity index (χ2v) is 2.18. The number of anilines is 1. The Morgan fingerprint density at radius 1 is 1.50 bits per heavy atom. The minimum Gasteiger partial charge on any atom is -0.384 e. The summed E-state index contributed by atoms with van der Waals surface area (Å²) in [5.41, 5.74) is 6.46. The van der Waals surface area contributed by atoms with Crippen molar-refractivity contribution in [3.8, 4) is 0 Å². The smallest absolute Gasteiger partial charge is 0.126 e. The van der Waals surface area contributed by atoms with E-state index in [1.807, 2.05) is 6.07 Å². The molecule has 0 fully saturated rings. The van der Waals surface area contributed by atoms with Crippen molar-refractivity contribution < 1.29 is 0 Å². The first kappa shape index (κ1) is 6.99. The van der Waals surface area contributed by atoms with Gasteiger partial charge in [0.05, 0.1) is 0 Å². The van der Waals surface area contributed by atoms with Crippen LogP contribution in [0.4, 0.5) is 5.82 Å². The van der Waals surface area contributed by atoms with Crippen molar-refractivity contribution in [3.63, 3.8) is 0 Å². The van der Waals surface area contributed by atoms with E-state index in [1.54, 1.807) is 0 Å². The van der Waals surface area contributed by atoms with Gasteiger partial charge in [0.15, 0.2) is 0 Å². The summed E-state index contributed by atoms with van der Waals surface area (Å²) in [6.07, 6.45) is 3.57. The Labute approximate surface area is 60.3 Å². The lowest BCUT2D eigenvalue weighted by molar-refractivity contribution is 0.874. The Bertz CT molecular complexity index is 210. The quantitative estimate of drug-likeness (QED) is 0.661. The highest BCUT2D eigenvalue weighted by atomic mass is 14.9. The highest BCUT2D eigenvalue weighted by Gasteiger charge is 1.92. The molecule has 0 unspecified atom stereocenters. The van der Waals surface area contributed by atoms with Crippen LogP contribution in [-0.2, 0) is 6.42 Å². The van der Waals surface area contributed by atoms with E-state index in [4.69, 9.17) is 5.73 Å². The van der Waals surface area contributed by atoms with Crippen molar-refractivity contribution in [2.75, 3.05) is 5.73 Å². The van der Waals surface area contributed by atoms with Gasteiger partial charge in [0.25, 0.3) is 0 Å². The third-order valence-electron chi connectivity index (χ3n) is 1.25. The van der Waals surface area contributed by atoms with Gasteiger partial charge in [-0.25, -0.2) is 9.97 Å². The molecule has 0 spiro atoms. The fourth-order valence-corrected chi connectivity index (χ4v) is 0.808. The Morgan fingerprint density at radius 3 is 2.90 bits per heavy atom. The van der Waals surface area contributed by atoms with E-state index in [2.05, 4.69) is 16.9 Å². The van der Waals surface area contributed by atoms with Gasteiger partial charge in [-0.3, -0.25) is 0 Å². The molecule has 1 aromatic heterocycles. The molecule has 2 N–H and O–H groups in total. The van der Waals surface area contributed by atoms with Crippen LogP contribution in [0.15, 0.2) is 12.4 Å². The highest BCUT2D eigenvalue weighted by Crippen LogP contribution is 2.00. The van der Waals surface area contributed by atoms with Crippen molar-refractivity contribution in [2.24, 2.45) is 0 Å². The summed E-state index contributed by atoms with van der Waals surface area (Å²) in [6, 6.07) is 1.81. The van der Waals surface area contributed by atoms with Gasteiger partial charge in [-0.15, -0.1) is 0 Å². The molecule has 0 radical (unpaired) electrons. The largest absolute Gasteiger partial charge is 0.384 e.